The minimum Gasteiger partial charge on any atom is -0.497 e. The number of amides is 2. The maximum atomic E-state index is 13.1. The van der Waals surface area contributed by atoms with Gasteiger partial charge in [0.05, 0.1) is 20.6 Å². The average molecular weight is 553 g/mol. The van der Waals surface area contributed by atoms with E-state index in [1.54, 1.807) is 26.4 Å². The van der Waals surface area contributed by atoms with Crippen LogP contribution in [0.3, 0.4) is 0 Å². The summed E-state index contributed by atoms with van der Waals surface area (Å²) in [6.45, 7) is 4.87. The Morgan fingerprint density at radius 1 is 0.949 bits per heavy atom. The maximum Gasteiger partial charge on any atom is 0.227 e. The molecule has 10 nitrogen and oxygen atoms in total. The lowest BCUT2D eigenvalue weighted by atomic mass is 10.1. The van der Waals surface area contributed by atoms with Crippen LogP contribution in [0, 0.1) is 0 Å². The number of hydrogen-bond acceptors (Lipinski definition) is 8. The number of methoxy groups -OCH3 is 2. The quantitative estimate of drug-likeness (QED) is 0.369. The zero-order valence-electron chi connectivity index (χ0n) is 22.4. The topological polar surface area (TPSA) is 109 Å². The largest absolute Gasteiger partial charge is 0.497 e. The van der Waals surface area contributed by atoms with E-state index in [9.17, 15) is 9.59 Å². The van der Waals surface area contributed by atoms with Gasteiger partial charge in [-0.2, -0.15) is 0 Å². The van der Waals surface area contributed by atoms with Gasteiger partial charge in [0.25, 0.3) is 0 Å². The van der Waals surface area contributed by atoms with Crippen LogP contribution in [0.5, 0.6) is 11.5 Å². The molecule has 0 aliphatic carbocycles. The van der Waals surface area contributed by atoms with Crippen molar-refractivity contribution in [2.45, 2.75) is 13.3 Å². The van der Waals surface area contributed by atoms with Crippen LogP contribution in [0.4, 0.5) is 11.6 Å². The lowest BCUT2D eigenvalue weighted by Gasteiger charge is -2.35. The fourth-order valence-corrected chi connectivity index (χ4v) is 4.45. The molecule has 0 radical (unpaired) electrons. The number of aromatic nitrogens is 2. The van der Waals surface area contributed by atoms with E-state index in [1.165, 1.54) is 6.92 Å². The summed E-state index contributed by atoms with van der Waals surface area (Å²) in [6.07, 6.45) is 0.233. The molecule has 0 unspecified atom stereocenters. The van der Waals surface area contributed by atoms with Gasteiger partial charge in [0.1, 0.15) is 23.1 Å². The first-order chi connectivity index (χ1) is 18.9. The number of carbonyl (C=O) groups excluding carboxylic acids is 2. The monoisotopic (exact) mass is 552 g/mol. The molecular weight excluding hydrogens is 520 g/mol. The second-order valence-electron chi connectivity index (χ2n) is 9.07. The molecular formula is C28H33ClN6O4. The summed E-state index contributed by atoms with van der Waals surface area (Å²) >= 11 is 6.07. The molecule has 1 aliphatic rings. The van der Waals surface area contributed by atoms with Crippen LogP contribution in [-0.2, 0) is 16.0 Å². The minimum absolute atomic E-state index is 0.0334. The molecule has 1 fully saturated rings. The Hall–Kier alpha value is -4.05. The smallest absolute Gasteiger partial charge is 0.227 e. The van der Waals surface area contributed by atoms with Crippen molar-refractivity contribution >= 4 is 35.1 Å². The number of nitrogens with one attached hydrogen (secondary N) is 2. The Balaban J connectivity index is 1.46. The van der Waals surface area contributed by atoms with Crippen molar-refractivity contribution in [1.29, 1.82) is 0 Å². The van der Waals surface area contributed by atoms with Crippen LogP contribution in [0.2, 0.25) is 5.02 Å². The minimum atomic E-state index is -0.0840. The van der Waals surface area contributed by atoms with E-state index in [1.807, 2.05) is 41.3 Å². The van der Waals surface area contributed by atoms with Crippen molar-refractivity contribution in [3.63, 3.8) is 0 Å². The molecule has 4 rings (SSSR count). The van der Waals surface area contributed by atoms with E-state index in [4.69, 9.17) is 26.1 Å². The van der Waals surface area contributed by atoms with Gasteiger partial charge >= 0.3 is 0 Å². The van der Waals surface area contributed by atoms with E-state index in [0.29, 0.717) is 67.4 Å². The number of nitrogens with zero attached hydrogens (tertiary/aromatic N) is 4. The summed E-state index contributed by atoms with van der Waals surface area (Å²) in [4.78, 5) is 37.8. The Morgan fingerprint density at radius 2 is 1.69 bits per heavy atom. The second kappa shape index (κ2) is 13.1. The molecule has 3 aromatic rings. The van der Waals surface area contributed by atoms with Gasteiger partial charge in [-0.3, -0.25) is 9.59 Å². The SMILES string of the molecule is COc1ccc(OC)c(CC(=O)N2CCN(c3cc(NCCNC(C)=O)nc(-c4ccc(Cl)cc4)n3)CC2)c1. The number of benzene rings is 2. The maximum absolute atomic E-state index is 13.1. The Bertz CT molecular complexity index is 1300. The summed E-state index contributed by atoms with van der Waals surface area (Å²) in [6, 6.07) is 14.7. The van der Waals surface area contributed by atoms with E-state index < -0.39 is 0 Å². The van der Waals surface area contributed by atoms with Crippen LogP contribution >= 0.6 is 11.6 Å². The van der Waals surface area contributed by atoms with E-state index >= 15 is 0 Å². The third-order valence-corrected chi connectivity index (χ3v) is 6.66. The van der Waals surface area contributed by atoms with Gasteiger partial charge in [0.15, 0.2) is 5.82 Å². The van der Waals surface area contributed by atoms with Crippen molar-refractivity contribution in [3.8, 4) is 22.9 Å². The number of ether oxygens (including phenoxy) is 2. The van der Waals surface area contributed by atoms with Crippen molar-refractivity contribution < 1.29 is 19.1 Å². The third-order valence-electron chi connectivity index (χ3n) is 6.41. The van der Waals surface area contributed by atoms with Gasteiger partial charge in [0, 0.05) is 68.4 Å². The molecule has 0 bridgehead atoms. The van der Waals surface area contributed by atoms with E-state index in [2.05, 4.69) is 20.5 Å². The van der Waals surface area contributed by atoms with Gasteiger partial charge in [0.2, 0.25) is 11.8 Å². The highest BCUT2D eigenvalue weighted by Crippen LogP contribution is 2.27. The molecule has 2 aromatic carbocycles. The molecule has 1 aliphatic heterocycles. The van der Waals surface area contributed by atoms with Gasteiger partial charge in [-0.25, -0.2) is 9.97 Å². The number of carbonyl (C=O) groups is 2. The molecule has 206 valence electrons. The first kappa shape index (κ1) is 28.0. The van der Waals surface area contributed by atoms with Gasteiger partial charge < -0.3 is 29.9 Å². The normalized spacial score (nSPS) is 13.1. The van der Waals surface area contributed by atoms with Gasteiger partial charge in [-0.05, 0) is 42.5 Å². The van der Waals surface area contributed by atoms with Crippen LogP contribution in [0.25, 0.3) is 11.4 Å². The molecule has 1 saturated heterocycles. The highest BCUT2D eigenvalue weighted by Gasteiger charge is 2.24. The summed E-state index contributed by atoms with van der Waals surface area (Å²) in [5, 5.41) is 6.68. The van der Waals surface area contributed by atoms with E-state index in [-0.39, 0.29) is 18.2 Å². The Labute approximate surface area is 233 Å². The molecule has 2 N–H and O–H groups in total. The molecule has 0 saturated carbocycles. The number of piperazine rings is 1. The molecule has 2 amide bonds. The van der Waals surface area contributed by atoms with Crippen LogP contribution in [0.1, 0.15) is 12.5 Å². The lowest BCUT2D eigenvalue weighted by molar-refractivity contribution is -0.130. The molecule has 0 atom stereocenters. The molecule has 39 heavy (non-hydrogen) atoms. The fraction of sp³-hybridized carbons (Fsp3) is 0.357. The van der Waals surface area contributed by atoms with Crippen LogP contribution in [-0.4, -0.2) is 80.2 Å². The standard InChI is InChI=1S/C28H33ClN6O4/c1-19(36)30-10-11-31-25-18-26(33-28(32-25)20-4-6-22(29)7-5-20)34-12-14-35(15-13-34)27(37)17-21-16-23(38-2)8-9-24(21)39-3/h4-9,16,18H,10-15,17H2,1-3H3,(H,30,36)(H,31,32,33). The molecule has 1 aromatic heterocycles. The predicted molar refractivity (Wildman–Crippen MR) is 152 cm³/mol. The van der Waals surface area contributed by atoms with Crippen molar-refractivity contribution in [3.05, 3.63) is 59.1 Å². The number of rotatable bonds is 10. The van der Waals surface area contributed by atoms with Crippen LogP contribution < -0.4 is 25.0 Å². The van der Waals surface area contributed by atoms with Crippen molar-refractivity contribution in [2.75, 3.05) is 63.7 Å². The number of anilines is 2. The predicted octanol–water partition coefficient (Wildman–Crippen LogP) is 3.25. The Kier molecular flexibility index (Phi) is 9.43. The van der Waals surface area contributed by atoms with Gasteiger partial charge in [-0.15, -0.1) is 0 Å². The number of halogens is 1. The summed E-state index contributed by atoms with van der Waals surface area (Å²) in [5.41, 5.74) is 1.63. The van der Waals surface area contributed by atoms with Crippen molar-refractivity contribution in [2.24, 2.45) is 0 Å². The van der Waals surface area contributed by atoms with E-state index in [0.717, 1.165) is 16.9 Å². The number of hydrogen-bond donors (Lipinski definition) is 2. The Morgan fingerprint density at radius 3 is 2.36 bits per heavy atom. The molecule has 11 heteroatoms. The highest BCUT2D eigenvalue weighted by atomic mass is 35.5. The highest BCUT2D eigenvalue weighted by molar-refractivity contribution is 6.30. The summed E-state index contributed by atoms with van der Waals surface area (Å²) in [5.74, 6) is 3.28. The van der Waals surface area contributed by atoms with Crippen LogP contribution in [0.15, 0.2) is 48.5 Å². The van der Waals surface area contributed by atoms with Crippen molar-refractivity contribution in [1.82, 2.24) is 20.2 Å². The molecule has 2 heterocycles. The first-order valence-electron chi connectivity index (χ1n) is 12.7. The lowest BCUT2D eigenvalue weighted by Crippen LogP contribution is -2.49. The summed E-state index contributed by atoms with van der Waals surface area (Å²) < 4.78 is 10.8. The average Bonchev–Trinajstić information content (AvgIpc) is 2.95. The zero-order chi connectivity index (χ0) is 27.8. The second-order valence-corrected chi connectivity index (χ2v) is 9.51. The van der Waals surface area contributed by atoms with Gasteiger partial charge in [-0.1, -0.05) is 11.6 Å². The summed E-state index contributed by atoms with van der Waals surface area (Å²) in [7, 11) is 3.19. The first-order valence-corrected chi connectivity index (χ1v) is 13.1. The molecule has 0 spiro atoms. The zero-order valence-corrected chi connectivity index (χ0v) is 23.1. The third kappa shape index (κ3) is 7.51. The fourth-order valence-electron chi connectivity index (χ4n) is 4.32.